The number of nitrogens with zero attached hydrogens (tertiary/aromatic N) is 3. The molecule has 0 bridgehead atoms. The molecule has 154 valence electrons. The molecule has 2 aromatic rings. The van der Waals surface area contributed by atoms with Crippen molar-refractivity contribution in [3.05, 3.63) is 79.3 Å². The second-order valence-corrected chi connectivity index (χ2v) is 6.27. The molecular weight excluding hydrogens is 380 g/mol. The van der Waals surface area contributed by atoms with Gasteiger partial charge in [-0.1, -0.05) is 12.2 Å². The molecule has 0 spiro atoms. The fourth-order valence-corrected chi connectivity index (χ4v) is 3.05. The Morgan fingerprint density at radius 2 is 1.45 bits per heavy atom. The summed E-state index contributed by atoms with van der Waals surface area (Å²) < 4.78 is 6.99. The first-order valence-corrected chi connectivity index (χ1v) is 8.66. The Morgan fingerprint density at radius 3 is 1.90 bits per heavy atom. The lowest BCUT2D eigenvalue weighted by Gasteiger charge is -2.11. The van der Waals surface area contributed by atoms with Gasteiger partial charge in [0.25, 0.3) is 0 Å². The van der Waals surface area contributed by atoms with E-state index in [0.717, 1.165) is 9.13 Å². The number of ketones is 1. The van der Waals surface area contributed by atoms with Crippen molar-refractivity contribution in [1.82, 2.24) is 18.7 Å². The molecule has 0 aromatic carbocycles. The maximum atomic E-state index is 12.8. The number of H-pyrrole nitrogens is 1. The van der Waals surface area contributed by atoms with Gasteiger partial charge in [0.15, 0.2) is 5.78 Å². The zero-order valence-corrected chi connectivity index (χ0v) is 16.5. The molecule has 0 saturated heterocycles. The molecule has 0 atom stereocenters. The number of carbonyl (C=O) groups is 2. The highest BCUT2D eigenvalue weighted by atomic mass is 16.5. The maximum absolute atomic E-state index is 12.8. The molecule has 0 saturated carbocycles. The molecule has 10 heteroatoms. The number of allylic oxidation sites excluding steroid dienone is 2. The largest absolute Gasteiger partial charge is 0.465 e. The minimum atomic E-state index is -0.928. The standard InChI is InChI=1S/C19H22N4O6/c1-6-8-21-17(26)22(9-7-2)19(28)23(18(21)27)10-13(24)15-11(3)14(12(4)20-15)16(25)29-5/h6-7,20H,1-2,8-10H2,3-5H3. The van der Waals surface area contributed by atoms with E-state index in [0.29, 0.717) is 15.8 Å². The topological polar surface area (TPSA) is 125 Å². The fourth-order valence-electron chi connectivity index (χ4n) is 3.05. The van der Waals surface area contributed by atoms with Gasteiger partial charge in [-0.2, -0.15) is 0 Å². The minimum absolute atomic E-state index is 0.0749. The number of methoxy groups -OCH3 is 1. The van der Waals surface area contributed by atoms with Crippen molar-refractivity contribution in [2.75, 3.05) is 7.11 Å². The Morgan fingerprint density at radius 1 is 0.966 bits per heavy atom. The molecule has 2 heterocycles. The van der Waals surface area contributed by atoms with Crippen molar-refractivity contribution < 1.29 is 14.3 Å². The van der Waals surface area contributed by atoms with Gasteiger partial charge in [0, 0.05) is 5.69 Å². The first-order valence-electron chi connectivity index (χ1n) is 8.66. The summed E-state index contributed by atoms with van der Waals surface area (Å²) in [5, 5.41) is 0. The summed E-state index contributed by atoms with van der Waals surface area (Å²) in [4.78, 5) is 65.2. The number of esters is 1. The van der Waals surface area contributed by atoms with Gasteiger partial charge in [-0.25, -0.2) is 32.9 Å². The van der Waals surface area contributed by atoms with E-state index in [1.807, 2.05) is 0 Å². The summed E-state index contributed by atoms with van der Waals surface area (Å²) in [6.45, 7) is 9.27. The Labute approximate surface area is 165 Å². The van der Waals surface area contributed by atoms with Gasteiger partial charge in [0.05, 0.1) is 38.0 Å². The van der Waals surface area contributed by atoms with Crippen LogP contribution in [0.15, 0.2) is 39.7 Å². The smallest absolute Gasteiger partial charge is 0.339 e. The molecule has 2 aromatic heterocycles. The lowest BCUT2D eigenvalue weighted by Crippen LogP contribution is -2.55. The number of carbonyl (C=O) groups excluding carboxylic acids is 2. The van der Waals surface area contributed by atoms with Gasteiger partial charge in [-0.15, -0.1) is 13.2 Å². The molecule has 0 aliphatic carbocycles. The quantitative estimate of drug-likeness (QED) is 0.381. The molecule has 0 fully saturated rings. The Balaban J connectivity index is 2.62. The molecule has 0 radical (unpaired) electrons. The van der Waals surface area contributed by atoms with Gasteiger partial charge in [0.1, 0.15) is 0 Å². The van der Waals surface area contributed by atoms with Crippen molar-refractivity contribution in [3.8, 4) is 0 Å². The van der Waals surface area contributed by atoms with Gasteiger partial charge in [-0.3, -0.25) is 4.79 Å². The second kappa shape index (κ2) is 8.55. The van der Waals surface area contributed by atoms with Crippen LogP contribution in [-0.2, 0) is 24.4 Å². The number of ether oxygens (including phenoxy) is 1. The van der Waals surface area contributed by atoms with E-state index >= 15 is 0 Å². The van der Waals surface area contributed by atoms with Gasteiger partial charge in [0.2, 0.25) is 0 Å². The molecule has 1 N–H and O–H groups in total. The zero-order chi connectivity index (χ0) is 21.9. The number of hydrogen-bond donors (Lipinski definition) is 1. The average Bonchev–Trinajstić information content (AvgIpc) is 2.99. The van der Waals surface area contributed by atoms with Crippen molar-refractivity contribution in [1.29, 1.82) is 0 Å². The first-order chi connectivity index (χ1) is 13.7. The predicted octanol–water partition coefficient (Wildman–Crippen LogP) is 0.158. The molecule has 0 aliphatic heterocycles. The average molecular weight is 402 g/mol. The fraction of sp³-hybridized carbons (Fsp3) is 0.316. The number of aryl methyl sites for hydroxylation is 1. The number of hydrogen-bond acceptors (Lipinski definition) is 6. The molecule has 0 amide bonds. The molecule has 29 heavy (non-hydrogen) atoms. The van der Waals surface area contributed by atoms with Crippen LogP contribution in [0.25, 0.3) is 0 Å². The van der Waals surface area contributed by atoms with Gasteiger partial charge < -0.3 is 9.72 Å². The van der Waals surface area contributed by atoms with Crippen LogP contribution in [0, 0.1) is 13.8 Å². The van der Waals surface area contributed by atoms with E-state index in [2.05, 4.69) is 18.1 Å². The monoisotopic (exact) mass is 402 g/mol. The summed E-state index contributed by atoms with van der Waals surface area (Å²) in [7, 11) is 1.22. The van der Waals surface area contributed by atoms with E-state index in [1.165, 1.54) is 19.3 Å². The molecule has 0 aliphatic rings. The van der Waals surface area contributed by atoms with E-state index in [1.54, 1.807) is 13.8 Å². The molecule has 0 unspecified atom stereocenters. The SMILES string of the molecule is C=CCn1c(=O)n(CC=C)c(=O)n(CC(=O)c2[nH]c(C)c(C(=O)OC)c2C)c1=O. The zero-order valence-electron chi connectivity index (χ0n) is 16.5. The second-order valence-electron chi connectivity index (χ2n) is 6.27. The molecule has 10 nitrogen and oxygen atoms in total. The third-order valence-corrected chi connectivity index (χ3v) is 4.42. The van der Waals surface area contributed by atoms with Crippen LogP contribution in [0.5, 0.6) is 0 Å². The summed E-state index contributed by atoms with van der Waals surface area (Å²) >= 11 is 0. The summed E-state index contributed by atoms with van der Waals surface area (Å²) in [6.07, 6.45) is 2.66. The van der Waals surface area contributed by atoms with Crippen molar-refractivity contribution >= 4 is 11.8 Å². The van der Waals surface area contributed by atoms with E-state index in [-0.39, 0.29) is 24.3 Å². The number of nitrogens with one attached hydrogen (secondary N) is 1. The van der Waals surface area contributed by atoms with Gasteiger partial charge >= 0.3 is 23.0 Å². The van der Waals surface area contributed by atoms with Crippen LogP contribution in [0.2, 0.25) is 0 Å². The highest BCUT2D eigenvalue weighted by Crippen LogP contribution is 2.19. The molecular formula is C19H22N4O6. The third-order valence-electron chi connectivity index (χ3n) is 4.42. The number of rotatable bonds is 8. The minimum Gasteiger partial charge on any atom is -0.465 e. The van der Waals surface area contributed by atoms with Crippen LogP contribution in [-0.4, -0.2) is 37.5 Å². The highest BCUT2D eigenvalue weighted by molar-refractivity contribution is 6.01. The van der Waals surface area contributed by atoms with Crippen LogP contribution in [0.1, 0.15) is 32.1 Å². The number of Topliss-reactive ketones (excluding diaryl/α,β-unsaturated/α-hetero) is 1. The van der Waals surface area contributed by atoms with Crippen molar-refractivity contribution in [2.24, 2.45) is 0 Å². The summed E-state index contributed by atoms with van der Waals surface area (Å²) in [5.41, 5.74) is -1.62. The van der Waals surface area contributed by atoms with E-state index in [4.69, 9.17) is 4.74 Å². The van der Waals surface area contributed by atoms with Crippen LogP contribution in [0.3, 0.4) is 0 Å². The van der Waals surface area contributed by atoms with Crippen LogP contribution in [0.4, 0.5) is 0 Å². The molecule has 2 rings (SSSR count). The Kier molecular flexibility index (Phi) is 6.37. The Hall–Kier alpha value is -3.69. The normalized spacial score (nSPS) is 10.6. The first kappa shape index (κ1) is 21.6. The van der Waals surface area contributed by atoms with Crippen LogP contribution < -0.4 is 17.1 Å². The van der Waals surface area contributed by atoms with Crippen molar-refractivity contribution in [3.63, 3.8) is 0 Å². The number of aromatic nitrogens is 4. The lowest BCUT2D eigenvalue weighted by molar-refractivity contribution is 0.0599. The summed E-state index contributed by atoms with van der Waals surface area (Å²) in [6, 6.07) is 0. The lowest BCUT2D eigenvalue weighted by atomic mass is 10.1. The summed E-state index contributed by atoms with van der Waals surface area (Å²) in [5.74, 6) is -1.21. The third kappa shape index (κ3) is 3.82. The predicted molar refractivity (Wildman–Crippen MR) is 106 cm³/mol. The van der Waals surface area contributed by atoms with Crippen LogP contribution >= 0.6 is 0 Å². The Bertz CT molecular complexity index is 1130. The van der Waals surface area contributed by atoms with Gasteiger partial charge in [-0.05, 0) is 19.4 Å². The van der Waals surface area contributed by atoms with Crippen molar-refractivity contribution in [2.45, 2.75) is 33.5 Å². The highest BCUT2D eigenvalue weighted by Gasteiger charge is 2.24. The number of aromatic amines is 1. The maximum Gasteiger partial charge on any atom is 0.339 e. The van der Waals surface area contributed by atoms with E-state index < -0.39 is 35.4 Å². The van der Waals surface area contributed by atoms with E-state index in [9.17, 15) is 24.0 Å².